The minimum absolute atomic E-state index is 0.0226. The van der Waals surface area contributed by atoms with E-state index in [9.17, 15) is 13.2 Å². The highest BCUT2D eigenvalue weighted by Crippen LogP contribution is 2.28. The second-order valence-electron chi connectivity index (χ2n) is 7.66. The van der Waals surface area contributed by atoms with Crippen molar-refractivity contribution in [3.8, 4) is 0 Å². The Hall–Kier alpha value is -1.44. The van der Waals surface area contributed by atoms with E-state index in [2.05, 4.69) is 22.3 Å². The third-order valence-corrected chi connectivity index (χ3v) is 6.79. The fraction of sp³-hybridized carbons (Fsp3) is 0.632. The summed E-state index contributed by atoms with van der Waals surface area (Å²) in [5.74, 6) is 1.34. The van der Waals surface area contributed by atoms with Crippen LogP contribution in [0.2, 0.25) is 0 Å². The summed E-state index contributed by atoms with van der Waals surface area (Å²) in [6, 6.07) is 6.38. The van der Waals surface area contributed by atoms with Gasteiger partial charge in [0.2, 0.25) is 15.9 Å². The number of amides is 1. The van der Waals surface area contributed by atoms with Gasteiger partial charge >= 0.3 is 0 Å². The van der Waals surface area contributed by atoms with E-state index < -0.39 is 10.0 Å². The number of anilines is 1. The molecule has 1 aliphatic carbocycles. The van der Waals surface area contributed by atoms with Gasteiger partial charge in [0.15, 0.2) is 0 Å². The number of nitrogens with one attached hydrogen (secondary N) is 3. The van der Waals surface area contributed by atoms with Crippen molar-refractivity contribution in [2.75, 3.05) is 25.0 Å². The molecule has 6 nitrogen and oxygen atoms in total. The Kier molecular flexibility index (Phi) is 6.32. The fourth-order valence-corrected chi connectivity index (χ4v) is 4.50. The van der Waals surface area contributed by atoms with Crippen LogP contribution in [0.1, 0.15) is 39.0 Å². The number of sulfonamides is 1. The lowest BCUT2D eigenvalue weighted by atomic mass is 9.85. The van der Waals surface area contributed by atoms with Crippen molar-refractivity contribution in [3.05, 3.63) is 24.3 Å². The van der Waals surface area contributed by atoms with Crippen LogP contribution in [0.25, 0.3) is 0 Å². The smallest absolute Gasteiger partial charge is 0.240 e. The molecule has 1 aliphatic heterocycles. The maximum Gasteiger partial charge on any atom is 0.240 e. The molecule has 0 radical (unpaired) electrons. The number of carbonyl (C=O) groups excluding carboxylic acids is 1. The van der Waals surface area contributed by atoms with Crippen LogP contribution in [0.4, 0.5) is 5.69 Å². The van der Waals surface area contributed by atoms with Gasteiger partial charge in [-0.1, -0.05) is 6.92 Å². The normalized spacial score (nSPS) is 22.0. The third-order valence-electron chi connectivity index (χ3n) is 5.35. The first-order valence-electron chi connectivity index (χ1n) is 9.54. The number of benzene rings is 1. The molecule has 1 heterocycles. The van der Waals surface area contributed by atoms with Crippen molar-refractivity contribution in [1.82, 2.24) is 10.0 Å². The van der Waals surface area contributed by atoms with Gasteiger partial charge in [-0.15, -0.1) is 0 Å². The average molecular weight is 380 g/mol. The van der Waals surface area contributed by atoms with E-state index in [4.69, 9.17) is 0 Å². The summed E-state index contributed by atoms with van der Waals surface area (Å²) in [6.45, 7) is 4.68. The molecule has 3 rings (SSSR count). The van der Waals surface area contributed by atoms with E-state index in [1.807, 2.05) is 0 Å². The molecular formula is C19H29N3O3S. The second kappa shape index (κ2) is 8.50. The standard InChI is InChI=1S/C19H29N3O3S/c1-14(16-3-2-10-20-13-16)11-19(23)22-17-6-8-18(9-7-17)26(24,25)21-12-15-4-5-15/h6-9,14-16,20-21H,2-5,10-13H2,1H3,(H,22,23). The quantitative estimate of drug-likeness (QED) is 0.647. The van der Waals surface area contributed by atoms with Crippen LogP contribution in [-0.2, 0) is 14.8 Å². The molecule has 2 aliphatic rings. The molecule has 2 fully saturated rings. The molecule has 0 bridgehead atoms. The number of piperidine rings is 1. The van der Waals surface area contributed by atoms with E-state index in [1.54, 1.807) is 24.3 Å². The van der Waals surface area contributed by atoms with Crippen molar-refractivity contribution < 1.29 is 13.2 Å². The summed E-state index contributed by atoms with van der Waals surface area (Å²) in [5.41, 5.74) is 0.630. The van der Waals surface area contributed by atoms with Crippen molar-refractivity contribution in [2.45, 2.75) is 43.9 Å². The van der Waals surface area contributed by atoms with Crippen molar-refractivity contribution in [1.29, 1.82) is 0 Å². The van der Waals surface area contributed by atoms with Gasteiger partial charge < -0.3 is 10.6 Å². The lowest BCUT2D eigenvalue weighted by molar-refractivity contribution is -0.117. The second-order valence-corrected chi connectivity index (χ2v) is 9.42. The molecule has 1 amide bonds. The third kappa shape index (κ3) is 5.53. The zero-order valence-corrected chi connectivity index (χ0v) is 16.1. The number of rotatable bonds is 8. The SMILES string of the molecule is CC(CC(=O)Nc1ccc(S(=O)(=O)NCC2CC2)cc1)C1CCCNC1. The zero-order chi connectivity index (χ0) is 18.6. The fourth-order valence-electron chi connectivity index (χ4n) is 3.39. The Labute approximate surface area is 156 Å². The van der Waals surface area contributed by atoms with E-state index in [0.29, 0.717) is 36.4 Å². The Balaban J connectivity index is 1.50. The summed E-state index contributed by atoms with van der Waals surface area (Å²) in [4.78, 5) is 12.5. The molecule has 3 N–H and O–H groups in total. The Bertz CT molecular complexity index is 708. The highest BCUT2D eigenvalue weighted by molar-refractivity contribution is 7.89. The number of carbonyl (C=O) groups is 1. The topological polar surface area (TPSA) is 87.3 Å². The van der Waals surface area contributed by atoms with Crippen molar-refractivity contribution in [2.24, 2.45) is 17.8 Å². The first-order valence-corrected chi connectivity index (χ1v) is 11.0. The molecule has 144 valence electrons. The molecule has 1 aromatic carbocycles. The predicted octanol–water partition coefficient (Wildman–Crippen LogP) is 2.34. The number of hydrogen-bond donors (Lipinski definition) is 3. The maximum atomic E-state index is 12.3. The van der Waals surface area contributed by atoms with Crippen LogP contribution in [0.15, 0.2) is 29.2 Å². The molecule has 0 aromatic heterocycles. The van der Waals surface area contributed by atoms with Gasteiger partial charge in [0.1, 0.15) is 0 Å². The minimum atomic E-state index is -3.46. The van der Waals surface area contributed by atoms with E-state index in [0.717, 1.165) is 25.9 Å². The average Bonchev–Trinajstić information content (AvgIpc) is 3.46. The molecule has 1 saturated heterocycles. The van der Waals surface area contributed by atoms with Crippen LogP contribution in [-0.4, -0.2) is 34.0 Å². The lowest BCUT2D eigenvalue weighted by Crippen LogP contribution is -2.34. The summed E-state index contributed by atoms with van der Waals surface area (Å²) >= 11 is 0. The van der Waals surface area contributed by atoms with Crippen LogP contribution in [0.5, 0.6) is 0 Å². The first-order chi connectivity index (χ1) is 12.4. The highest BCUT2D eigenvalue weighted by Gasteiger charge is 2.24. The Morgan fingerprint density at radius 2 is 1.96 bits per heavy atom. The van der Waals surface area contributed by atoms with Crippen LogP contribution in [0.3, 0.4) is 0 Å². The van der Waals surface area contributed by atoms with E-state index >= 15 is 0 Å². The van der Waals surface area contributed by atoms with Gasteiger partial charge in [-0.3, -0.25) is 4.79 Å². The minimum Gasteiger partial charge on any atom is -0.326 e. The molecule has 1 saturated carbocycles. The zero-order valence-electron chi connectivity index (χ0n) is 15.3. The largest absolute Gasteiger partial charge is 0.326 e. The van der Waals surface area contributed by atoms with Gasteiger partial charge in [0, 0.05) is 18.7 Å². The van der Waals surface area contributed by atoms with Crippen molar-refractivity contribution in [3.63, 3.8) is 0 Å². The molecule has 7 heteroatoms. The van der Waals surface area contributed by atoms with Gasteiger partial charge in [-0.2, -0.15) is 0 Å². The molecular weight excluding hydrogens is 350 g/mol. The van der Waals surface area contributed by atoms with Crippen molar-refractivity contribution >= 4 is 21.6 Å². The molecule has 2 atom stereocenters. The van der Waals surface area contributed by atoms with Gasteiger partial charge in [0.25, 0.3) is 0 Å². The Morgan fingerprint density at radius 1 is 1.23 bits per heavy atom. The summed E-state index contributed by atoms with van der Waals surface area (Å²) in [5, 5.41) is 6.26. The summed E-state index contributed by atoms with van der Waals surface area (Å²) in [6.07, 6.45) is 5.02. The van der Waals surface area contributed by atoms with E-state index in [-0.39, 0.29) is 10.8 Å². The molecule has 0 spiro atoms. The molecule has 1 aromatic rings. The number of hydrogen-bond acceptors (Lipinski definition) is 4. The van der Waals surface area contributed by atoms with Gasteiger partial charge in [-0.05, 0) is 80.8 Å². The summed E-state index contributed by atoms with van der Waals surface area (Å²) in [7, 11) is -3.46. The Morgan fingerprint density at radius 3 is 2.58 bits per heavy atom. The van der Waals surface area contributed by atoms with Crippen LogP contribution < -0.4 is 15.4 Å². The van der Waals surface area contributed by atoms with Gasteiger partial charge in [0.05, 0.1) is 4.90 Å². The first kappa shape index (κ1) is 19.3. The highest BCUT2D eigenvalue weighted by atomic mass is 32.2. The van der Waals surface area contributed by atoms with Crippen LogP contribution >= 0.6 is 0 Å². The monoisotopic (exact) mass is 379 g/mol. The lowest BCUT2D eigenvalue weighted by Gasteiger charge is -2.28. The molecule has 26 heavy (non-hydrogen) atoms. The predicted molar refractivity (Wildman–Crippen MR) is 102 cm³/mol. The molecule has 2 unspecified atom stereocenters. The van der Waals surface area contributed by atoms with Gasteiger partial charge in [-0.25, -0.2) is 13.1 Å². The van der Waals surface area contributed by atoms with Crippen LogP contribution in [0, 0.1) is 17.8 Å². The summed E-state index contributed by atoms with van der Waals surface area (Å²) < 4.78 is 27.1. The maximum absolute atomic E-state index is 12.3. The van der Waals surface area contributed by atoms with E-state index in [1.165, 1.54) is 12.8 Å².